The number of nitrogens with zero attached hydrogens (tertiary/aromatic N) is 1. The zero-order valence-corrected chi connectivity index (χ0v) is 14.7. The van der Waals surface area contributed by atoms with E-state index in [4.69, 9.17) is 4.74 Å². The maximum atomic E-state index is 9.53. The summed E-state index contributed by atoms with van der Waals surface area (Å²) in [5.74, 6) is 0.896. The molecule has 0 fully saturated rings. The maximum absolute atomic E-state index is 9.53. The van der Waals surface area contributed by atoms with Crippen molar-refractivity contribution in [3.8, 4) is 17.0 Å². The van der Waals surface area contributed by atoms with Gasteiger partial charge in [0.2, 0.25) is 0 Å². The molecule has 0 aliphatic heterocycles. The van der Waals surface area contributed by atoms with E-state index in [1.165, 1.54) is 0 Å². The number of pyridine rings is 1. The summed E-state index contributed by atoms with van der Waals surface area (Å²) in [6.07, 6.45) is -0.543. The number of rotatable bonds is 4. The van der Waals surface area contributed by atoms with E-state index in [1.807, 2.05) is 42.5 Å². The minimum absolute atomic E-state index is 0.543. The molecule has 1 atom stereocenters. The van der Waals surface area contributed by atoms with Crippen LogP contribution in [0.25, 0.3) is 11.3 Å². The summed E-state index contributed by atoms with van der Waals surface area (Å²) in [5, 5.41) is 9.53. The first-order valence-electron chi connectivity index (χ1n) is 5.79. The SMILES string of the molecule is C[C@@H](O)c1cccc(-c2ccc(O[CH2][Tl])cc2)n1. The van der Waals surface area contributed by atoms with Gasteiger partial charge in [0.1, 0.15) is 0 Å². The third-order valence-electron chi connectivity index (χ3n) is 2.60. The average molecular weight is 433 g/mol. The van der Waals surface area contributed by atoms with E-state index in [9.17, 15) is 5.11 Å². The molecule has 0 saturated carbocycles. The molecule has 1 aromatic heterocycles. The predicted molar refractivity (Wildman–Crippen MR) is 71.6 cm³/mol. The average Bonchev–Trinajstić information content (AvgIpc) is 2.40. The van der Waals surface area contributed by atoms with E-state index in [2.05, 4.69) is 4.98 Å². The molecule has 2 aromatic rings. The van der Waals surface area contributed by atoms with Crippen LogP contribution >= 0.6 is 0 Å². The fourth-order valence-electron chi connectivity index (χ4n) is 1.66. The van der Waals surface area contributed by atoms with E-state index < -0.39 is 6.10 Å². The van der Waals surface area contributed by atoms with Crippen molar-refractivity contribution in [3.63, 3.8) is 0 Å². The summed E-state index contributed by atoms with van der Waals surface area (Å²) in [7, 11) is 0. The molecule has 90 valence electrons. The molecule has 0 bridgehead atoms. The Balaban J connectivity index is 2.28. The first-order chi connectivity index (χ1) is 8.70. The van der Waals surface area contributed by atoms with Crippen molar-refractivity contribution in [2.75, 3.05) is 4.17 Å². The van der Waals surface area contributed by atoms with Gasteiger partial charge in [-0.1, -0.05) is 0 Å². The van der Waals surface area contributed by atoms with Gasteiger partial charge in [0.05, 0.1) is 0 Å². The topological polar surface area (TPSA) is 42.4 Å². The molecule has 1 aromatic carbocycles. The van der Waals surface area contributed by atoms with Gasteiger partial charge in [-0.3, -0.25) is 0 Å². The van der Waals surface area contributed by atoms with E-state index in [1.54, 1.807) is 6.92 Å². The first kappa shape index (κ1) is 13.5. The fourth-order valence-corrected chi connectivity index (χ4v) is 2.41. The molecule has 0 radical (unpaired) electrons. The molecule has 3 nitrogen and oxygen atoms in total. The van der Waals surface area contributed by atoms with Gasteiger partial charge < -0.3 is 0 Å². The second-order valence-corrected chi connectivity index (χ2v) is 5.25. The zero-order valence-electron chi connectivity index (χ0n) is 10.2. The van der Waals surface area contributed by atoms with E-state index in [0.29, 0.717) is 5.69 Å². The molecule has 1 N–H and O–H groups in total. The minimum atomic E-state index is -0.543. The van der Waals surface area contributed by atoms with Crippen molar-refractivity contribution in [3.05, 3.63) is 48.2 Å². The first-order valence-corrected chi connectivity index (χ1v) is 8.96. The van der Waals surface area contributed by atoms with Crippen LogP contribution in [0.15, 0.2) is 42.5 Å². The molecule has 1 heterocycles. The van der Waals surface area contributed by atoms with Crippen LogP contribution in [0.4, 0.5) is 0 Å². The Labute approximate surface area is 123 Å². The predicted octanol–water partition coefficient (Wildman–Crippen LogP) is 2.31. The summed E-state index contributed by atoms with van der Waals surface area (Å²) in [6, 6.07) is 13.6. The molecule has 0 unspecified atom stereocenters. The van der Waals surface area contributed by atoms with E-state index in [0.717, 1.165) is 46.9 Å². The number of ether oxygens (including phenoxy) is 1. The molecule has 0 saturated heterocycles. The standard InChI is InChI=1S/C14H14NO2.Tl/c1-10(16)13-4-3-5-14(15-13)11-6-8-12(17-2)9-7-11;/h3-10,16H,2H2,1H3;/t10-;/m1./s1. The Morgan fingerprint density at radius 2 is 1.94 bits per heavy atom. The molecular weight excluding hydrogens is 419 g/mol. The van der Waals surface area contributed by atoms with Gasteiger partial charge in [-0.05, 0) is 0 Å². The van der Waals surface area contributed by atoms with Gasteiger partial charge >= 0.3 is 123 Å². The summed E-state index contributed by atoms with van der Waals surface area (Å²) in [4.78, 5) is 4.44. The Bertz CT molecular complexity index is 511. The van der Waals surface area contributed by atoms with Crippen molar-refractivity contribution in [1.82, 2.24) is 4.98 Å². The number of benzene rings is 1. The van der Waals surface area contributed by atoms with Crippen molar-refractivity contribution >= 4 is 25.8 Å². The second-order valence-electron chi connectivity index (χ2n) is 3.96. The van der Waals surface area contributed by atoms with Crippen LogP contribution in [0.3, 0.4) is 0 Å². The summed E-state index contributed by atoms with van der Waals surface area (Å²) >= 11 is 0.846. The van der Waals surface area contributed by atoms with E-state index >= 15 is 0 Å². The normalized spacial score (nSPS) is 12.1. The number of hydrogen-bond donors (Lipinski definition) is 1. The molecule has 0 aliphatic rings. The van der Waals surface area contributed by atoms with Gasteiger partial charge in [-0.2, -0.15) is 0 Å². The van der Waals surface area contributed by atoms with Gasteiger partial charge in [-0.25, -0.2) is 0 Å². The quantitative estimate of drug-likeness (QED) is 0.754. The van der Waals surface area contributed by atoms with Crippen molar-refractivity contribution in [2.45, 2.75) is 13.0 Å². The Kier molecular flexibility index (Phi) is 4.71. The third-order valence-corrected chi connectivity index (χ3v) is 3.25. The van der Waals surface area contributed by atoms with Crippen LogP contribution in [0, 0.1) is 0 Å². The molecule has 0 amide bonds. The molecule has 0 aliphatic carbocycles. The van der Waals surface area contributed by atoms with Gasteiger partial charge in [-0.15, -0.1) is 0 Å². The van der Waals surface area contributed by atoms with Crippen LogP contribution in [-0.4, -0.2) is 40.0 Å². The van der Waals surface area contributed by atoms with Crippen molar-refractivity contribution in [1.29, 1.82) is 0 Å². The van der Waals surface area contributed by atoms with Gasteiger partial charge in [0.15, 0.2) is 0 Å². The molecule has 4 heteroatoms. The second kappa shape index (κ2) is 6.29. The van der Waals surface area contributed by atoms with Crippen molar-refractivity contribution < 1.29 is 9.84 Å². The van der Waals surface area contributed by atoms with Crippen LogP contribution in [0.1, 0.15) is 18.7 Å². The number of hydrogen-bond acceptors (Lipinski definition) is 3. The number of aromatic nitrogens is 1. The molecule has 18 heavy (non-hydrogen) atoms. The van der Waals surface area contributed by atoms with Crippen LogP contribution in [0.2, 0.25) is 0 Å². The Morgan fingerprint density at radius 3 is 2.56 bits per heavy atom. The number of aliphatic hydroxyl groups excluding tert-OH is 1. The molecular formula is C14H14NO2Tl. The van der Waals surface area contributed by atoms with Crippen LogP contribution in [0.5, 0.6) is 5.75 Å². The van der Waals surface area contributed by atoms with Crippen LogP contribution < -0.4 is 4.74 Å². The molecule has 0 spiro atoms. The van der Waals surface area contributed by atoms with Gasteiger partial charge in [0, 0.05) is 0 Å². The van der Waals surface area contributed by atoms with Gasteiger partial charge in [0.25, 0.3) is 0 Å². The fraction of sp³-hybridized carbons (Fsp3) is 0.214. The number of aliphatic hydroxyl groups is 1. The third kappa shape index (κ3) is 3.29. The Hall–Kier alpha value is -0.948. The monoisotopic (exact) mass is 433 g/mol. The summed E-state index contributed by atoms with van der Waals surface area (Å²) in [5.41, 5.74) is 2.59. The summed E-state index contributed by atoms with van der Waals surface area (Å²) in [6.45, 7) is 1.72. The van der Waals surface area contributed by atoms with Crippen molar-refractivity contribution in [2.24, 2.45) is 0 Å². The zero-order chi connectivity index (χ0) is 13.0. The Morgan fingerprint density at radius 1 is 1.22 bits per heavy atom. The summed E-state index contributed by atoms with van der Waals surface area (Å²) < 4.78 is 6.30. The van der Waals surface area contributed by atoms with Crippen LogP contribution in [-0.2, 0) is 0 Å². The molecule has 2 rings (SSSR count). The van der Waals surface area contributed by atoms with E-state index in [-0.39, 0.29) is 0 Å².